The molecule has 1 heterocycles. The number of hydrogen-bond donors (Lipinski definition) is 0. The highest BCUT2D eigenvalue weighted by atomic mass is 79.9. The van der Waals surface area contributed by atoms with E-state index in [0.717, 1.165) is 11.3 Å². The van der Waals surface area contributed by atoms with Crippen molar-refractivity contribution < 1.29 is 4.79 Å². The van der Waals surface area contributed by atoms with Gasteiger partial charge in [-0.1, -0.05) is 39.7 Å². The van der Waals surface area contributed by atoms with Crippen LogP contribution in [0.3, 0.4) is 0 Å². The van der Waals surface area contributed by atoms with E-state index in [4.69, 9.17) is 11.6 Å². The lowest BCUT2D eigenvalue weighted by Gasteiger charge is -2.18. The molecule has 1 atom stereocenters. The Hall–Kier alpha value is -0.540. The number of amides is 1. The maximum atomic E-state index is 11.7. The molecule has 0 N–H and O–H groups in total. The van der Waals surface area contributed by atoms with Crippen molar-refractivity contribution in [2.24, 2.45) is 0 Å². The van der Waals surface area contributed by atoms with E-state index in [-0.39, 0.29) is 10.7 Å². The fourth-order valence-electron chi connectivity index (χ4n) is 1.74. The summed E-state index contributed by atoms with van der Waals surface area (Å²) in [4.78, 5) is 13.7. The Kier molecular flexibility index (Phi) is 3.03. The van der Waals surface area contributed by atoms with Gasteiger partial charge in [-0.2, -0.15) is 0 Å². The monoisotopic (exact) mass is 287 g/mol. The predicted octanol–water partition coefficient (Wildman–Crippen LogP) is 3.15. The normalized spacial score (nSPS) is 21.1. The average molecular weight is 289 g/mol. The van der Waals surface area contributed by atoms with Crippen LogP contribution in [-0.2, 0) is 4.79 Å². The molecule has 1 aromatic carbocycles. The van der Waals surface area contributed by atoms with E-state index in [2.05, 4.69) is 15.9 Å². The lowest BCUT2D eigenvalue weighted by molar-refractivity contribution is -0.117. The van der Waals surface area contributed by atoms with Gasteiger partial charge in [-0.15, -0.1) is 0 Å². The van der Waals surface area contributed by atoms with E-state index < -0.39 is 0 Å². The Bertz CT molecular complexity index is 408. The molecule has 2 rings (SSSR count). The lowest BCUT2D eigenvalue weighted by Crippen LogP contribution is -2.24. The Morgan fingerprint density at radius 3 is 2.87 bits per heavy atom. The highest BCUT2D eigenvalue weighted by Crippen LogP contribution is 2.32. The minimum absolute atomic E-state index is 0.129. The molecule has 0 radical (unpaired) electrons. The number of hydrogen-bond acceptors (Lipinski definition) is 1. The number of nitrogens with zero attached hydrogens (tertiary/aromatic N) is 1. The topological polar surface area (TPSA) is 20.3 Å². The number of alkyl halides is 1. The van der Waals surface area contributed by atoms with E-state index in [1.807, 2.05) is 25.1 Å². The summed E-state index contributed by atoms with van der Waals surface area (Å²) in [5, 5.41) is 0.674. The molecule has 1 saturated heterocycles. The van der Waals surface area contributed by atoms with Crippen LogP contribution in [0.15, 0.2) is 18.2 Å². The first-order valence-electron chi connectivity index (χ1n) is 4.79. The number of halogens is 2. The highest BCUT2D eigenvalue weighted by molar-refractivity contribution is 9.09. The van der Waals surface area contributed by atoms with Crippen molar-refractivity contribution in [1.29, 1.82) is 0 Å². The second-order valence-electron chi connectivity index (χ2n) is 3.71. The summed E-state index contributed by atoms with van der Waals surface area (Å²) in [6.07, 6.45) is 0.546. The van der Waals surface area contributed by atoms with Crippen molar-refractivity contribution in [1.82, 2.24) is 0 Å². The van der Waals surface area contributed by atoms with Crippen LogP contribution in [0.2, 0.25) is 5.02 Å². The first kappa shape index (κ1) is 11.0. The Labute approximate surface area is 102 Å². The summed E-state index contributed by atoms with van der Waals surface area (Å²) in [6, 6.07) is 5.75. The minimum Gasteiger partial charge on any atom is -0.310 e. The Morgan fingerprint density at radius 1 is 1.53 bits per heavy atom. The SMILES string of the molecule is Cc1cccc(N2CC(Br)CC2=O)c1Cl. The molecule has 80 valence electrons. The molecule has 15 heavy (non-hydrogen) atoms. The van der Waals surface area contributed by atoms with Crippen LogP contribution in [0.5, 0.6) is 0 Å². The van der Waals surface area contributed by atoms with Crippen molar-refractivity contribution in [2.75, 3.05) is 11.4 Å². The summed E-state index contributed by atoms with van der Waals surface area (Å²) >= 11 is 9.63. The largest absolute Gasteiger partial charge is 0.310 e. The van der Waals surface area contributed by atoms with Gasteiger partial charge in [0.25, 0.3) is 0 Å². The average Bonchev–Trinajstić information content (AvgIpc) is 2.50. The van der Waals surface area contributed by atoms with Gasteiger partial charge in [-0.05, 0) is 18.6 Å². The van der Waals surface area contributed by atoms with Crippen LogP contribution in [0.4, 0.5) is 5.69 Å². The lowest BCUT2D eigenvalue weighted by atomic mass is 10.2. The number of rotatable bonds is 1. The first-order valence-corrected chi connectivity index (χ1v) is 6.08. The van der Waals surface area contributed by atoms with E-state index in [1.54, 1.807) is 4.90 Å². The van der Waals surface area contributed by atoms with E-state index in [1.165, 1.54) is 0 Å². The summed E-state index contributed by atoms with van der Waals surface area (Å²) in [5.74, 6) is 0.129. The fraction of sp³-hybridized carbons (Fsp3) is 0.364. The van der Waals surface area contributed by atoms with Gasteiger partial charge in [0, 0.05) is 17.8 Å². The molecule has 0 aromatic heterocycles. The molecule has 1 amide bonds. The number of carbonyl (C=O) groups is 1. The van der Waals surface area contributed by atoms with Crippen LogP contribution in [0, 0.1) is 6.92 Å². The smallest absolute Gasteiger partial charge is 0.228 e. The van der Waals surface area contributed by atoms with Crippen molar-refractivity contribution in [2.45, 2.75) is 18.2 Å². The minimum atomic E-state index is 0.129. The standard InChI is InChI=1S/C11H11BrClNO/c1-7-3-2-4-9(11(7)13)14-6-8(12)5-10(14)15/h2-4,8H,5-6H2,1H3. The van der Waals surface area contributed by atoms with Crippen molar-refractivity contribution in [3.8, 4) is 0 Å². The number of aryl methyl sites for hydroxylation is 1. The molecular formula is C11H11BrClNO. The van der Waals surface area contributed by atoms with Crippen molar-refractivity contribution in [3.05, 3.63) is 28.8 Å². The molecule has 0 saturated carbocycles. The van der Waals surface area contributed by atoms with Crippen LogP contribution in [-0.4, -0.2) is 17.3 Å². The first-order chi connectivity index (χ1) is 7.09. The van der Waals surface area contributed by atoms with Crippen LogP contribution in [0.25, 0.3) is 0 Å². The van der Waals surface area contributed by atoms with Crippen molar-refractivity contribution >= 4 is 39.1 Å². The number of carbonyl (C=O) groups excluding carboxylic acids is 1. The van der Waals surface area contributed by atoms with Gasteiger partial charge in [0.1, 0.15) is 0 Å². The van der Waals surface area contributed by atoms with E-state index >= 15 is 0 Å². The molecule has 0 bridgehead atoms. The van der Waals surface area contributed by atoms with E-state index in [0.29, 0.717) is 18.0 Å². The zero-order chi connectivity index (χ0) is 11.0. The summed E-state index contributed by atoms with van der Waals surface area (Å²) in [6.45, 7) is 2.64. The third-order valence-electron chi connectivity index (χ3n) is 2.54. The molecular weight excluding hydrogens is 277 g/mol. The van der Waals surface area contributed by atoms with E-state index in [9.17, 15) is 4.79 Å². The van der Waals surface area contributed by atoms with Gasteiger partial charge in [0.05, 0.1) is 10.7 Å². The molecule has 1 aliphatic rings. The molecule has 1 unspecified atom stereocenters. The molecule has 1 fully saturated rings. The maximum absolute atomic E-state index is 11.7. The van der Waals surface area contributed by atoms with Crippen LogP contribution < -0.4 is 4.90 Å². The van der Waals surface area contributed by atoms with Gasteiger partial charge < -0.3 is 4.90 Å². The van der Waals surface area contributed by atoms with Gasteiger partial charge in [-0.3, -0.25) is 4.79 Å². The molecule has 2 nitrogen and oxygen atoms in total. The van der Waals surface area contributed by atoms with Crippen molar-refractivity contribution in [3.63, 3.8) is 0 Å². The highest BCUT2D eigenvalue weighted by Gasteiger charge is 2.30. The zero-order valence-corrected chi connectivity index (χ0v) is 10.7. The number of benzene rings is 1. The summed E-state index contributed by atoms with van der Waals surface area (Å²) in [5.41, 5.74) is 1.82. The second kappa shape index (κ2) is 4.14. The third-order valence-corrected chi connectivity index (χ3v) is 3.65. The Morgan fingerprint density at radius 2 is 2.27 bits per heavy atom. The van der Waals surface area contributed by atoms with Gasteiger partial charge in [0.2, 0.25) is 5.91 Å². The third kappa shape index (κ3) is 2.04. The van der Waals surface area contributed by atoms with Gasteiger partial charge in [-0.25, -0.2) is 0 Å². The molecule has 1 aromatic rings. The molecule has 0 aliphatic carbocycles. The second-order valence-corrected chi connectivity index (χ2v) is 5.39. The molecule has 0 spiro atoms. The molecule has 1 aliphatic heterocycles. The Balaban J connectivity index is 2.38. The predicted molar refractivity (Wildman–Crippen MR) is 65.9 cm³/mol. The van der Waals surface area contributed by atoms with Crippen LogP contribution >= 0.6 is 27.5 Å². The quantitative estimate of drug-likeness (QED) is 0.727. The van der Waals surface area contributed by atoms with Gasteiger partial charge >= 0.3 is 0 Å². The number of anilines is 1. The van der Waals surface area contributed by atoms with Crippen LogP contribution in [0.1, 0.15) is 12.0 Å². The summed E-state index contributed by atoms with van der Waals surface area (Å²) in [7, 11) is 0. The fourth-order valence-corrected chi connectivity index (χ4v) is 2.53. The maximum Gasteiger partial charge on any atom is 0.228 e. The summed E-state index contributed by atoms with van der Waals surface area (Å²) < 4.78 is 0. The van der Waals surface area contributed by atoms with Gasteiger partial charge in [0.15, 0.2) is 0 Å². The zero-order valence-electron chi connectivity index (χ0n) is 8.34. The molecule has 4 heteroatoms.